The van der Waals surface area contributed by atoms with Gasteiger partial charge in [-0.3, -0.25) is 4.57 Å². The summed E-state index contributed by atoms with van der Waals surface area (Å²) in [7, 11) is 1.64. The van der Waals surface area contributed by atoms with E-state index in [1.807, 2.05) is 47.0 Å². The summed E-state index contributed by atoms with van der Waals surface area (Å²) in [6.07, 6.45) is 0.410. The van der Waals surface area contributed by atoms with Gasteiger partial charge in [0.2, 0.25) is 0 Å². The van der Waals surface area contributed by atoms with Crippen LogP contribution >= 0.6 is 12.2 Å². The third-order valence-electron chi connectivity index (χ3n) is 3.38. The van der Waals surface area contributed by atoms with Crippen molar-refractivity contribution < 1.29 is 4.74 Å². The standard InChI is InChI=1S/C16H13N3OS/c1-20-14-4-2-3-13-15(14)18-16(21)19(13)12-7-5-11(6-8-12)9-10-17/h2-8H,9H2,1H3,(H,18,21). The van der Waals surface area contributed by atoms with E-state index in [1.165, 1.54) is 0 Å². The fourth-order valence-electron chi connectivity index (χ4n) is 2.38. The Morgan fingerprint density at radius 3 is 2.67 bits per heavy atom. The van der Waals surface area contributed by atoms with E-state index in [0.717, 1.165) is 28.0 Å². The molecule has 2 aromatic carbocycles. The van der Waals surface area contributed by atoms with Crippen molar-refractivity contribution in [3.8, 4) is 17.5 Å². The van der Waals surface area contributed by atoms with Crippen molar-refractivity contribution in [1.82, 2.24) is 9.55 Å². The lowest BCUT2D eigenvalue weighted by molar-refractivity contribution is 0.419. The number of aromatic amines is 1. The predicted octanol–water partition coefficient (Wildman–Crippen LogP) is 3.76. The van der Waals surface area contributed by atoms with Crippen molar-refractivity contribution in [1.29, 1.82) is 5.26 Å². The number of nitrogens with one attached hydrogen (secondary N) is 1. The van der Waals surface area contributed by atoms with Crippen LogP contribution in [0.3, 0.4) is 0 Å². The summed E-state index contributed by atoms with van der Waals surface area (Å²) < 4.78 is 7.93. The third-order valence-corrected chi connectivity index (χ3v) is 3.66. The van der Waals surface area contributed by atoms with Crippen molar-refractivity contribution in [2.45, 2.75) is 6.42 Å². The van der Waals surface area contributed by atoms with Gasteiger partial charge < -0.3 is 9.72 Å². The van der Waals surface area contributed by atoms with Crippen LogP contribution in [0.5, 0.6) is 5.75 Å². The molecule has 0 radical (unpaired) electrons. The van der Waals surface area contributed by atoms with Crippen molar-refractivity contribution in [3.05, 3.63) is 52.8 Å². The lowest BCUT2D eigenvalue weighted by atomic mass is 10.1. The van der Waals surface area contributed by atoms with Crippen LogP contribution in [0.15, 0.2) is 42.5 Å². The molecule has 5 heteroatoms. The molecular formula is C16H13N3OS. The van der Waals surface area contributed by atoms with Gasteiger partial charge in [-0.2, -0.15) is 5.26 Å². The van der Waals surface area contributed by atoms with Gasteiger partial charge in [0.05, 0.1) is 25.1 Å². The topological polar surface area (TPSA) is 53.7 Å². The van der Waals surface area contributed by atoms with E-state index in [0.29, 0.717) is 11.2 Å². The molecule has 4 nitrogen and oxygen atoms in total. The first kappa shape index (κ1) is 13.4. The number of hydrogen-bond donors (Lipinski definition) is 1. The van der Waals surface area contributed by atoms with Gasteiger partial charge in [0.25, 0.3) is 0 Å². The highest BCUT2D eigenvalue weighted by molar-refractivity contribution is 7.71. The molecule has 21 heavy (non-hydrogen) atoms. The van der Waals surface area contributed by atoms with Crippen LogP contribution in [-0.2, 0) is 6.42 Å². The van der Waals surface area contributed by atoms with Crippen molar-refractivity contribution in [2.24, 2.45) is 0 Å². The fourth-order valence-corrected chi connectivity index (χ4v) is 2.69. The van der Waals surface area contributed by atoms with Crippen LogP contribution < -0.4 is 4.74 Å². The summed E-state index contributed by atoms with van der Waals surface area (Å²) in [5.41, 5.74) is 3.80. The minimum atomic E-state index is 0.410. The molecule has 0 unspecified atom stereocenters. The first-order chi connectivity index (χ1) is 10.2. The van der Waals surface area contributed by atoms with Gasteiger partial charge in [-0.1, -0.05) is 18.2 Å². The van der Waals surface area contributed by atoms with Crippen molar-refractivity contribution in [2.75, 3.05) is 7.11 Å². The molecule has 104 valence electrons. The molecule has 1 heterocycles. The average Bonchev–Trinajstić information content (AvgIpc) is 2.84. The molecule has 3 rings (SSSR count). The molecule has 0 saturated heterocycles. The number of ether oxygens (including phenoxy) is 1. The Labute approximate surface area is 127 Å². The molecule has 0 bridgehead atoms. The molecular weight excluding hydrogens is 282 g/mol. The lowest BCUT2D eigenvalue weighted by Crippen LogP contribution is -1.94. The predicted molar refractivity (Wildman–Crippen MR) is 84.3 cm³/mol. The highest BCUT2D eigenvalue weighted by Crippen LogP contribution is 2.27. The normalized spacial score (nSPS) is 10.5. The van der Waals surface area contributed by atoms with Crippen molar-refractivity contribution >= 4 is 23.3 Å². The zero-order chi connectivity index (χ0) is 14.8. The molecule has 3 aromatic rings. The smallest absolute Gasteiger partial charge is 0.182 e. The van der Waals surface area contributed by atoms with Crippen LogP contribution in [0.4, 0.5) is 0 Å². The molecule has 0 atom stereocenters. The van der Waals surface area contributed by atoms with Gasteiger partial charge in [-0.15, -0.1) is 0 Å². The first-order valence-corrected chi connectivity index (χ1v) is 6.89. The van der Waals surface area contributed by atoms with Crippen LogP contribution in [0.1, 0.15) is 5.56 Å². The summed E-state index contributed by atoms with van der Waals surface area (Å²) in [4.78, 5) is 3.19. The zero-order valence-electron chi connectivity index (χ0n) is 11.5. The summed E-state index contributed by atoms with van der Waals surface area (Å²) in [5, 5.41) is 8.73. The van der Waals surface area contributed by atoms with Gasteiger partial charge in [0.15, 0.2) is 4.77 Å². The lowest BCUT2D eigenvalue weighted by Gasteiger charge is -2.06. The Kier molecular flexibility index (Phi) is 3.46. The number of hydrogen-bond acceptors (Lipinski definition) is 3. The Morgan fingerprint density at radius 1 is 1.24 bits per heavy atom. The number of para-hydroxylation sites is 1. The summed E-state index contributed by atoms with van der Waals surface area (Å²) in [5.74, 6) is 0.762. The third kappa shape index (κ3) is 2.30. The number of methoxy groups -OCH3 is 1. The van der Waals surface area contributed by atoms with Crippen LogP contribution in [-0.4, -0.2) is 16.7 Å². The first-order valence-electron chi connectivity index (χ1n) is 6.48. The molecule has 1 aromatic heterocycles. The highest BCUT2D eigenvalue weighted by atomic mass is 32.1. The number of nitriles is 1. The minimum Gasteiger partial charge on any atom is -0.494 e. The number of H-pyrrole nitrogens is 1. The number of benzene rings is 2. The molecule has 0 spiro atoms. The van der Waals surface area contributed by atoms with Crippen LogP contribution in [0, 0.1) is 16.1 Å². The molecule has 0 saturated carbocycles. The number of aromatic nitrogens is 2. The van der Waals surface area contributed by atoms with E-state index in [-0.39, 0.29) is 0 Å². The van der Waals surface area contributed by atoms with E-state index < -0.39 is 0 Å². The SMILES string of the molecule is COc1cccc2c1[nH]c(=S)n2-c1ccc(CC#N)cc1. The second kappa shape index (κ2) is 5.43. The molecule has 0 aliphatic carbocycles. The van der Waals surface area contributed by atoms with Crippen molar-refractivity contribution in [3.63, 3.8) is 0 Å². The Morgan fingerprint density at radius 2 is 2.00 bits per heavy atom. The van der Waals surface area contributed by atoms with Gasteiger partial charge in [-0.05, 0) is 42.0 Å². The van der Waals surface area contributed by atoms with E-state index in [9.17, 15) is 0 Å². The summed E-state index contributed by atoms with van der Waals surface area (Å²) in [6.45, 7) is 0. The molecule has 0 aliphatic rings. The van der Waals surface area contributed by atoms with Crippen LogP contribution in [0.25, 0.3) is 16.7 Å². The maximum atomic E-state index is 8.73. The monoisotopic (exact) mass is 295 g/mol. The Hall–Kier alpha value is -2.58. The summed E-state index contributed by atoms with van der Waals surface area (Å²) >= 11 is 5.43. The van der Waals surface area contributed by atoms with E-state index in [4.69, 9.17) is 22.2 Å². The number of rotatable bonds is 3. The van der Waals surface area contributed by atoms with Gasteiger partial charge in [0.1, 0.15) is 11.3 Å². The van der Waals surface area contributed by atoms with E-state index in [2.05, 4.69) is 11.1 Å². The number of nitrogens with zero attached hydrogens (tertiary/aromatic N) is 2. The second-order valence-electron chi connectivity index (χ2n) is 4.62. The second-order valence-corrected chi connectivity index (χ2v) is 5.01. The molecule has 0 amide bonds. The molecule has 1 N–H and O–H groups in total. The maximum Gasteiger partial charge on any atom is 0.182 e. The quantitative estimate of drug-likeness (QED) is 0.748. The largest absolute Gasteiger partial charge is 0.494 e. The van der Waals surface area contributed by atoms with E-state index >= 15 is 0 Å². The Bertz CT molecular complexity index is 885. The van der Waals surface area contributed by atoms with Gasteiger partial charge in [-0.25, -0.2) is 0 Å². The average molecular weight is 295 g/mol. The molecule has 0 aliphatic heterocycles. The summed E-state index contributed by atoms with van der Waals surface area (Å²) in [6, 6.07) is 15.8. The highest BCUT2D eigenvalue weighted by Gasteiger charge is 2.10. The van der Waals surface area contributed by atoms with Gasteiger partial charge >= 0.3 is 0 Å². The minimum absolute atomic E-state index is 0.410. The molecule has 0 fully saturated rings. The number of imidazole rings is 1. The Balaban J connectivity index is 2.18. The maximum absolute atomic E-state index is 8.73. The fraction of sp³-hybridized carbons (Fsp3) is 0.125. The van der Waals surface area contributed by atoms with E-state index in [1.54, 1.807) is 7.11 Å². The van der Waals surface area contributed by atoms with Crippen LogP contribution in [0.2, 0.25) is 0 Å². The number of fused-ring (bicyclic) bond motifs is 1. The zero-order valence-corrected chi connectivity index (χ0v) is 12.3. The van der Waals surface area contributed by atoms with Gasteiger partial charge in [0, 0.05) is 5.69 Å².